The fourth-order valence-corrected chi connectivity index (χ4v) is 2.26. The Morgan fingerprint density at radius 1 is 1.57 bits per heavy atom. The smallest absolute Gasteiger partial charge is 0.0716 e. The van der Waals surface area contributed by atoms with Gasteiger partial charge in [0.2, 0.25) is 0 Å². The first-order valence-electron chi connectivity index (χ1n) is 5.19. The number of hydrogen-bond donors (Lipinski definition) is 0. The Morgan fingerprint density at radius 2 is 2.21 bits per heavy atom. The summed E-state index contributed by atoms with van der Waals surface area (Å²) in [5.74, 6) is 0.705. The normalized spacial score (nSPS) is 23.9. The molecule has 0 saturated carbocycles. The molecular weight excluding hydrogens is 190 g/mol. The molecular formula is C12H21NS. The van der Waals surface area contributed by atoms with Crippen molar-refractivity contribution in [2.24, 2.45) is 5.92 Å². The van der Waals surface area contributed by atoms with Gasteiger partial charge >= 0.3 is 0 Å². The molecule has 1 nitrogen and oxygen atoms in total. The fraction of sp³-hybridized carbons (Fsp3) is 0.667. The average Bonchev–Trinajstić information content (AvgIpc) is 2.15. The Balaban J connectivity index is 2.77. The van der Waals surface area contributed by atoms with E-state index in [2.05, 4.69) is 51.1 Å². The lowest BCUT2D eigenvalue weighted by molar-refractivity contribution is 0.412. The van der Waals surface area contributed by atoms with Crippen LogP contribution in [0, 0.1) is 5.92 Å². The molecule has 0 N–H and O–H groups in total. The lowest BCUT2D eigenvalue weighted by Gasteiger charge is -2.30. The van der Waals surface area contributed by atoms with E-state index in [1.54, 1.807) is 0 Å². The Morgan fingerprint density at radius 3 is 2.71 bits per heavy atom. The molecule has 0 fully saturated rings. The summed E-state index contributed by atoms with van der Waals surface area (Å²) in [6.45, 7) is 6.77. The van der Waals surface area contributed by atoms with E-state index in [9.17, 15) is 0 Å². The highest BCUT2D eigenvalue weighted by Crippen LogP contribution is 2.27. The number of likely N-dealkylation sites (N-methyl/N-ethyl adjacent to an activating group) is 1. The van der Waals surface area contributed by atoms with E-state index in [0.29, 0.717) is 11.3 Å². The highest BCUT2D eigenvalue weighted by atomic mass is 32.2. The molecule has 1 aliphatic rings. The molecule has 0 spiro atoms. The van der Waals surface area contributed by atoms with Gasteiger partial charge in [0.25, 0.3) is 0 Å². The molecule has 2 atom stereocenters. The van der Waals surface area contributed by atoms with Crippen molar-refractivity contribution in [1.82, 2.24) is 4.90 Å². The molecule has 0 aromatic rings. The molecule has 80 valence electrons. The summed E-state index contributed by atoms with van der Waals surface area (Å²) in [4.78, 5) is 2.36. The lowest BCUT2D eigenvalue weighted by atomic mass is 9.94. The van der Waals surface area contributed by atoms with Crippen LogP contribution in [0.25, 0.3) is 0 Å². The maximum atomic E-state index is 2.36. The quantitative estimate of drug-likeness (QED) is 0.657. The molecule has 0 heterocycles. The van der Waals surface area contributed by atoms with Gasteiger partial charge in [-0.05, 0) is 44.1 Å². The summed E-state index contributed by atoms with van der Waals surface area (Å²) in [5.41, 5.74) is 2.92. The molecule has 2 heteroatoms. The van der Waals surface area contributed by atoms with Crippen molar-refractivity contribution in [2.45, 2.75) is 32.6 Å². The molecule has 0 aliphatic heterocycles. The number of hydrogen-bond acceptors (Lipinski definition) is 2. The molecule has 0 amide bonds. The zero-order valence-electron chi connectivity index (χ0n) is 9.87. The fourth-order valence-electron chi connectivity index (χ4n) is 1.83. The van der Waals surface area contributed by atoms with Crippen LogP contribution >= 0.6 is 11.8 Å². The van der Waals surface area contributed by atoms with Gasteiger partial charge in [0, 0.05) is 12.7 Å². The van der Waals surface area contributed by atoms with Crippen LogP contribution in [0.3, 0.4) is 0 Å². The van der Waals surface area contributed by atoms with E-state index in [1.807, 2.05) is 11.8 Å². The van der Waals surface area contributed by atoms with E-state index >= 15 is 0 Å². The summed E-state index contributed by atoms with van der Waals surface area (Å²) in [6.07, 6.45) is 7.95. The van der Waals surface area contributed by atoms with Crippen molar-refractivity contribution in [3.8, 4) is 0 Å². The second kappa shape index (κ2) is 4.92. The van der Waals surface area contributed by atoms with Crippen molar-refractivity contribution >= 4 is 11.8 Å². The number of thioether (sulfide) groups is 1. The van der Waals surface area contributed by atoms with E-state index < -0.39 is 0 Å². The number of nitrogens with zero attached hydrogens (tertiary/aromatic N) is 1. The summed E-state index contributed by atoms with van der Waals surface area (Å²) < 4.78 is 0. The maximum absolute atomic E-state index is 2.36. The van der Waals surface area contributed by atoms with Crippen LogP contribution in [0.4, 0.5) is 0 Å². The minimum Gasteiger partial charge on any atom is -0.363 e. The largest absolute Gasteiger partial charge is 0.363 e. The van der Waals surface area contributed by atoms with Crippen molar-refractivity contribution in [3.05, 3.63) is 23.4 Å². The van der Waals surface area contributed by atoms with E-state index in [-0.39, 0.29) is 0 Å². The van der Waals surface area contributed by atoms with Gasteiger partial charge in [-0.15, -0.1) is 11.8 Å². The zero-order chi connectivity index (χ0) is 10.7. The Hall–Kier alpha value is -0.370. The Kier molecular flexibility index (Phi) is 4.11. The third-order valence-corrected chi connectivity index (χ3v) is 3.91. The van der Waals surface area contributed by atoms with Crippen molar-refractivity contribution in [1.29, 1.82) is 0 Å². The van der Waals surface area contributed by atoms with Gasteiger partial charge in [0.15, 0.2) is 0 Å². The van der Waals surface area contributed by atoms with Gasteiger partial charge in [-0.25, -0.2) is 0 Å². The molecule has 0 radical (unpaired) electrons. The average molecular weight is 211 g/mol. The van der Waals surface area contributed by atoms with Crippen LogP contribution in [0.1, 0.15) is 27.2 Å². The molecule has 1 aliphatic carbocycles. The summed E-state index contributed by atoms with van der Waals surface area (Å²) >= 11 is 1.89. The lowest BCUT2D eigenvalue weighted by Crippen LogP contribution is -2.26. The van der Waals surface area contributed by atoms with Crippen LogP contribution in [0.2, 0.25) is 0 Å². The first-order chi connectivity index (χ1) is 6.56. The van der Waals surface area contributed by atoms with Gasteiger partial charge in [-0.2, -0.15) is 0 Å². The predicted molar refractivity (Wildman–Crippen MR) is 66.4 cm³/mol. The highest BCUT2D eigenvalue weighted by molar-refractivity contribution is 7.99. The summed E-state index contributed by atoms with van der Waals surface area (Å²) in [6, 6.07) is 0. The van der Waals surface area contributed by atoms with Gasteiger partial charge in [0.05, 0.1) is 5.37 Å². The molecule has 2 unspecified atom stereocenters. The monoisotopic (exact) mass is 211 g/mol. The van der Waals surface area contributed by atoms with Crippen molar-refractivity contribution in [2.75, 3.05) is 13.3 Å². The maximum Gasteiger partial charge on any atom is 0.0716 e. The van der Waals surface area contributed by atoms with Crippen LogP contribution in [0.5, 0.6) is 0 Å². The summed E-state index contributed by atoms with van der Waals surface area (Å²) in [5, 5.41) is 0.554. The molecule has 14 heavy (non-hydrogen) atoms. The second-order valence-electron chi connectivity index (χ2n) is 4.15. The SMILES string of the molecule is CSC(C)N(C)C1=C(C)CC(C)C=C1. The van der Waals surface area contributed by atoms with Crippen LogP contribution in [-0.2, 0) is 0 Å². The molecule has 0 aromatic carbocycles. The van der Waals surface area contributed by atoms with Gasteiger partial charge in [0.1, 0.15) is 0 Å². The van der Waals surface area contributed by atoms with Gasteiger partial charge in [-0.3, -0.25) is 0 Å². The predicted octanol–water partition coefficient (Wildman–Crippen LogP) is 3.50. The van der Waals surface area contributed by atoms with Crippen LogP contribution < -0.4 is 0 Å². The summed E-state index contributed by atoms with van der Waals surface area (Å²) in [7, 11) is 2.18. The molecule has 0 bridgehead atoms. The molecule has 0 aromatic heterocycles. The third-order valence-electron chi connectivity index (χ3n) is 2.91. The Labute approximate surface area is 92.3 Å². The molecule has 1 rings (SSSR count). The first kappa shape index (κ1) is 11.7. The first-order valence-corrected chi connectivity index (χ1v) is 6.48. The minimum absolute atomic E-state index is 0.554. The minimum atomic E-state index is 0.554. The van der Waals surface area contributed by atoms with E-state index in [1.165, 1.54) is 17.7 Å². The van der Waals surface area contributed by atoms with Gasteiger partial charge < -0.3 is 4.90 Å². The standard InChI is InChI=1S/C12H21NS/c1-9-6-7-12(10(2)8-9)13(4)11(3)14-5/h6-7,9,11H,8H2,1-5H3. The van der Waals surface area contributed by atoms with E-state index in [0.717, 1.165) is 0 Å². The molecule has 0 saturated heterocycles. The van der Waals surface area contributed by atoms with Gasteiger partial charge in [-0.1, -0.05) is 13.0 Å². The van der Waals surface area contributed by atoms with Crippen LogP contribution in [-0.4, -0.2) is 23.6 Å². The number of allylic oxidation sites excluding steroid dienone is 3. The second-order valence-corrected chi connectivity index (χ2v) is 5.31. The highest BCUT2D eigenvalue weighted by Gasteiger charge is 2.15. The van der Waals surface area contributed by atoms with Crippen molar-refractivity contribution < 1.29 is 0 Å². The van der Waals surface area contributed by atoms with Crippen molar-refractivity contribution in [3.63, 3.8) is 0 Å². The topological polar surface area (TPSA) is 3.24 Å². The van der Waals surface area contributed by atoms with E-state index in [4.69, 9.17) is 0 Å². The van der Waals surface area contributed by atoms with Crippen LogP contribution in [0.15, 0.2) is 23.4 Å². The number of rotatable bonds is 3. The zero-order valence-corrected chi connectivity index (χ0v) is 10.7. The Bertz CT molecular complexity index is 255. The third kappa shape index (κ3) is 2.57.